The predicted molar refractivity (Wildman–Crippen MR) is 46.9 cm³/mol. The van der Waals surface area contributed by atoms with Crippen LogP contribution in [0.2, 0.25) is 0 Å². The van der Waals surface area contributed by atoms with E-state index < -0.39 is 0 Å². The van der Waals surface area contributed by atoms with Crippen LogP contribution in [0.4, 0.5) is 0 Å². The van der Waals surface area contributed by atoms with E-state index in [1.807, 2.05) is 6.92 Å². The molecule has 0 radical (unpaired) electrons. The van der Waals surface area contributed by atoms with Crippen LogP contribution in [0.1, 0.15) is 19.8 Å². The van der Waals surface area contributed by atoms with E-state index in [9.17, 15) is 4.79 Å². The van der Waals surface area contributed by atoms with Crippen LogP contribution < -0.4 is 0 Å². The highest BCUT2D eigenvalue weighted by Gasteiger charge is 1.96. The second kappa shape index (κ2) is 8.27. The van der Waals surface area contributed by atoms with Crippen molar-refractivity contribution in [2.24, 2.45) is 0 Å². The van der Waals surface area contributed by atoms with Crippen molar-refractivity contribution in [3.8, 4) is 0 Å². The Bertz CT molecular complexity index is 141. The van der Waals surface area contributed by atoms with Gasteiger partial charge in [-0.2, -0.15) is 0 Å². The third kappa shape index (κ3) is 7.28. The first kappa shape index (κ1) is 11.2. The molecule has 0 saturated carbocycles. The summed E-state index contributed by atoms with van der Waals surface area (Å²) in [5.74, 6) is -0.177. The first-order valence-corrected chi connectivity index (χ1v) is 4.10. The van der Waals surface area contributed by atoms with E-state index >= 15 is 0 Å². The van der Waals surface area contributed by atoms with Gasteiger partial charge in [0.2, 0.25) is 0 Å². The highest BCUT2D eigenvalue weighted by atomic mass is 16.5. The lowest BCUT2D eigenvalue weighted by atomic mass is 10.4. The topological polar surface area (TPSA) is 35.5 Å². The number of hydrogen-bond donors (Lipinski definition) is 0. The summed E-state index contributed by atoms with van der Waals surface area (Å²) < 4.78 is 9.61. The first-order chi connectivity index (χ1) is 5.81. The average Bonchev–Trinajstić information content (AvgIpc) is 2.09. The largest absolute Gasteiger partial charge is 0.465 e. The zero-order valence-electron chi connectivity index (χ0n) is 7.71. The minimum Gasteiger partial charge on any atom is -0.465 e. The van der Waals surface area contributed by atoms with Gasteiger partial charge in [-0.3, -0.25) is 4.79 Å². The van der Waals surface area contributed by atoms with Crippen LogP contribution in [0.15, 0.2) is 12.2 Å². The zero-order valence-corrected chi connectivity index (χ0v) is 7.71. The Kier molecular flexibility index (Phi) is 7.70. The summed E-state index contributed by atoms with van der Waals surface area (Å²) in [7, 11) is 1.61. The van der Waals surface area contributed by atoms with Gasteiger partial charge in [-0.05, 0) is 6.42 Å². The fourth-order valence-corrected chi connectivity index (χ4v) is 0.619. The van der Waals surface area contributed by atoms with Crippen molar-refractivity contribution in [1.29, 1.82) is 0 Å². The number of methoxy groups -OCH3 is 1. The second-order valence-electron chi connectivity index (χ2n) is 2.35. The average molecular weight is 172 g/mol. The van der Waals surface area contributed by atoms with Crippen LogP contribution in [0.25, 0.3) is 0 Å². The van der Waals surface area contributed by atoms with Gasteiger partial charge in [0.25, 0.3) is 0 Å². The SMILES string of the molecule is CCCOC(=O)CC=CCOC. The molecule has 0 spiro atoms. The minimum atomic E-state index is -0.177. The number of rotatable bonds is 6. The monoisotopic (exact) mass is 172 g/mol. The van der Waals surface area contributed by atoms with Gasteiger partial charge in [0.1, 0.15) is 0 Å². The van der Waals surface area contributed by atoms with E-state index in [0.717, 1.165) is 6.42 Å². The summed E-state index contributed by atoms with van der Waals surface area (Å²) in [6.45, 7) is 3.02. The van der Waals surface area contributed by atoms with Gasteiger partial charge in [-0.1, -0.05) is 19.1 Å². The molecule has 0 saturated heterocycles. The lowest BCUT2D eigenvalue weighted by Gasteiger charge is -1.98. The molecule has 0 aliphatic rings. The number of ether oxygens (including phenoxy) is 2. The molecule has 0 unspecified atom stereocenters. The fraction of sp³-hybridized carbons (Fsp3) is 0.667. The molecule has 0 aromatic rings. The number of carbonyl (C=O) groups is 1. The summed E-state index contributed by atoms with van der Waals surface area (Å²) in [6, 6.07) is 0. The van der Waals surface area contributed by atoms with Crippen LogP contribution >= 0.6 is 0 Å². The Labute approximate surface area is 73.4 Å². The van der Waals surface area contributed by atoms with Gasteiger partial charge in [-0.15, -0.1) is 0 Å². The summed E-state index contributed by atoms with van der Waals surface area (Å²) in [5, 5.41) is 0. The van der Waals surface area contributed by atoms with Crippen molar-refractivity contribution in [1.82, 2.24) is 0 Å². The summed E-state index contributed by atoms with van der Waals surface area (Å²) in [6.07, 6.45) is 4.76. The molecule has 12 heavy (non-hydrogen) atoms. The summed E-state index contributed by atoms with van der Waals surface area (Å²) >= 11 is 0. The van der Waals surface area contributed by atoms with Gasteiger partial charge < -0.3 is 9.47 Å². The highest BCUT2D eigenvalue weighted by molar-refractivity contribution is 5.71. The van der Waals surface area contributed by atoms with Gasteiger partial charge >= 0.3 is 5.97 Å². The second-order valence-corrected chi connectivity index (χ2v) is 2.35. The number of carbonyl (C=O) groups excluding carboxylic acids is 1. The molecule has 0 N–H and O–H groups in total. The van der Waals surface area contributed by atoms with Gasteiger partial charge in [-0.25, -0.2) is 0 Å². The highest BCUT2D eigenvalue weighted by Crippen LogP contribution is 1.90. The van der Waals surface area contributed by atoms with E-state index in [1.165, 1.54) is 0 Å². The quantitative estimate of drug-likeness (QED) is 0.450. The van der Waals surface area contributed by atoms with Crippen LogP contribution in [0, 0.1) is 0 Å². The molecule has 0 aromatic carbocycles. The molecule has 0 aliphatic heterocycles. The Morgan fingerprint density at radius 2 is 2.17 bits per heavy atom. The van der Waals surface area contributed by atoms with E-state index in [2.05, 4.69) is 0 Å². The summed E-state index contributed by atoms with van der Waals surface area (Å²) in [5.41, 5.74) is 0. The van der Waals surface area contributed by atoms with Crippen molar-refractivity contribution < 1.29 is 14.3 Å². The normalized spacial score (nSPS) is 10.5. The first-order valence-electron chi connectivity index (χ1n) is 4.10. The zero-order chi connectivity index (χ0) is 9.23. The predicted octanol–water partition coefficient (Wildman–Crippen LogP) is 1.53. The molecule has 0 rings (SSSR count). The molecule has 3 heteroatoms. The van der Waals surface area contributed by atoms with Crippen LogP contribution in [0.5, 0.6) is 0 Å². The number of hydrogen-bond acceptors (Lipinski definition) is 3. The molecule has 0 aliphatic carbocycles. The van der Waals surface area contributed by atoms with E-state index in [-0.39, 0.29) is 5.97 Å². The molecule has 0 heterocycles. The van der Waals surface area contributed by atoms with E-state index in [1.54, 1.807) is 19.3 Å². The molecule has 70 valence electrons. The van der Waals surface area contributed by atoms with Gasteiger partial charge in [0.15, 0.2) is 0 Å². The third-order valence-electron chi connectivity index (χ3n) is 1.18. The lowest BCUT2D eigenvalue weighted by molar-refractivity contribution is -0.142. The Morgan fingerprint density at radius 1 is 1.42 bits per heavy atom. The maximum atomic E-state index is 10.9. The summed E-state index contributed by atoms with van der Waals surface area (Å²) in [4.78, 5) is 10.9. The van der Waals surface area contributed by atoms with Crippen molar-refractivity contribution >= 4 is 5.97 Å². The Hall–Kier alpha value is -0.830. The molecule has 0 aromatic heterocycles. The lowest BCUT2D eigenvalue weighted by Crippen LogP contribution is -2.03. The van der Waals surface area contributed by atoms with Crippen LogP contribution in [-0.4, -0.2) is 26.3 Å². The van der Waals surface area contributed by atoms with Crippen LogP contribution in [0.3, 0.4) is 0 Å². The van der Waals surface area contributed by atoms with Crippen molar-refractivity contribution in [3.05, 3.63) is 12.2 Å². The maximum Gasteiger partial charge on any atom is 0.309 e. The Balaban J connectivity index is 3.30. The van der Waals surface area contributed by atoms with Gasteiger partial charge in [0, 0.05) is 7.11 Å². The van der Waals surface area contributed by atoms with Crippen molar-refractivity contribution in [3.63, 3.8) is 0 Å². The molecule has 0 fully saturated rings. The molecule has 0 atom stereocenters. The van der Waals surface area contributed by atoms with Crippen LogP contribution in [-0.2, 0) is 14.3 Å². The van der Waals surface area contributed by atoms with Gasteiger partial charge in [0.05, 0.1) is 19.6 Å². The maximum absolute atomic E-state index is 10.9. The molecular weight excluding hydrogens is 156 g/mol. The number of esters is 1. The van der Waals surface area contributed by atoms with E-state index in [4.69, 9.17) is 9.47 Å². The molecule has 0 bridgehead atoms. The van der Waals surface area contributed by atoms with Crippen molar-refractivity contribution in [2.45, 2.75) is 19.8 Å². The fourth-order valence-electron chi connectivity index (χ4n) is 0.619. The Morgan fingerprint density at radius 3 is 2.75 bits per heavy atom. The minimum absolute atomic E-state index is 0.177. The van der Waals surface area contributed by atoms with Crippen molar-refractivity contribution in [2.75, 3.05) is 20.3 Å². The smallest absolute Gasteiger partial charge is 0.309 e. The molecular formula is C9H16O3. The molecule has 0 amide bonds. The standard InChI is InChI=1S/C9H16O3/c1-3-7-12-9(10)6-4-5-8-11-2/h4-5H,3,6-8H2,1-2H3. The molecule has 3 nitrogen and oxygen atoms in total. The third-order valence-corrected chi connectivity index (χ3v) is 1.18. The van der Waals surface area contributed by atoms with E-state index in [0.29, 0.717) is 19.6 Å².